The van der Waals surface area contributed by atoms with E-state index in [4.69, 9.17) is 20.8 Å². The van der Waals surface area contributed by atoms with Crippen LogP contribution in [0.1, 0.15) is 11.1 Å². The second-order valence-corrected chi connectivity index (χ2v) is 8.02. The minimum atomic E-state index is -0.0261. The van der Waals surface area contributed by atoms with Crippen LogP contribution in [-0.2, 0) is 13.1 Å². The van der Waals surface area contributed by atoms with Gasteiger partial charge in [-0.05, 0) is 30.3 Å². The molecule has 1 aromatic heterocycles. The van der Waals surface area contributed by atoms with Crippen LogP contribution in [0.5, 0.6) is 11.5 Å². The van der Waals surface area contributed by atoms with Gasteiger partial charge in [-0.15, -0.1) is 0 Å². The van der Waals surface area contributed by atoms with Crippen LogP contribution >= 0.6 is 11.6 Å². The maximum Gasteiger partial charge on any atom is 0.325 e. The standard InChI is InChI=1S/C23H22ClN3O3/c24-19-5-6-22-20(13-19)27(15-18-3-1-2-4-21(18)30-22)23(28)26-10-8-25(9-11-26)14-17-7-12-29-16-17/h1-7,12-13,16H,8-11,14-15H2. The number of urea groups is 1. The van der Waals surface area contributed by atoms with Crippen LogP contribution in [0.2, 0.25) is 5.02 Å². The topological polar surface area (TPSA) is 49.2 Å². The summed E-state index contributed by atoms with van der Waals surface area (Å²) >= 11 is 6.26. The highest BCUT2D eigenvalue weighted by molar-refractivity contribution is 6.31. The number of carbonyl (C=O) groups excluding carboxylic acids is 1. The third-order valence-electron chi connectivity index (χ3n) is 5.59. The highest BCUT2D eigenvalue weighted by atomic mass is 35.5. The Kier molecular flexibility index (Phi) is 5.11. The van der Waals surface area contributed by atoms with E-state index < -0.39 is 0 Å². The quantitative estimate of drug-likeness (QED) is 0.583. The average Bonchev–Trinajstić information content (AvgIpc) is 3.21. The molecule has 5 rings (SSSR count). The van der Waals surface area contributed by atoms with E-state index >= 15 is 0 Å². The Morgan fingerprint density at radius 1 is 1.00 bits per heavy atom. The number of piperazine rings is 1. The fourth-order valence-electron chi connectivity index (χ4n) is 3.98. The number of furan rings is 1. The van der Waals surface area contributed by atoms with Crippen molar-refractivity contribution < 1.29 is 13.9 Å². The van der Waals surface area contributed by atoms with E-state index in [0.717, 1.165) is 36.5 Å². The van der Waals surface area contributed by atoms with Gasteiger partial charge in [-0.3, -0.25) is 9.80 Å². The fraction of sp³-hybridized carbons (Fsp3) is 0.261. The molecular formula is C23H22ClN3O3. The van der Waals surface area contributed by atoms with Crippen molar-refractivity contribution >= 4 is 23.3 Å². The molecular weight excluding hydrogens is 402 g/mol. The lowest BCUT2D eigenvalue weighted by Gasteiger charge is -2.37. The van der Waals surface area contributed by atoms with Crippen LogP contribution in [0.15, 0.2) is 65.5 Å². The van der Waals surface area contributed by atoms with Gasteiger partial charge in [0.15, 0.2) is 5.75 Å². The second-order valence-electron chi connectivity index (χ2n) is 7.59. The highest BCUT2D eigenvalue weighted by Gasteiger charge is 2.30. The van der Waals surface area contributed by atoms with Crippen LogP contribution in [0, 0.1) is 0 Å². The lowest BCUT2D eigenvalue weighted by Crippen LogP contribution is -2.52. The first kappa shape index (κ1) is 19.0. The molecule has 2 aromatic carbocycles. The van der Waals surface area contributed by atoms with Gasteiger partial charge >= 0.3 is 6.03 Å². The summed E-state index contributed by atoms with van der Waals surface area (Å²) in [5.74, 6) is 1.40. The number of rotatable bonds is 2. The number of para-hydroxylation sites is 1. The van der Waals surface area contributed by atoms with Gasteiger partial charge in [0.2, 0.25) is 0 Å². The van der Waals surface area contributed by atoms with E-state index in [9.17, 15) is 4.79 Å². The predicted octanol–water partition coefficient (Wildman–Crippen LogP) is 4.98. The maximum absolute atomic E-state index is 13.5. The van der Waals surface area contributed by atoms with Crippen molar-refractivity contribution in [2.45, 2.75) is 13.1 Å². The lowest BCUT2D eigenvalue weighted by molar-refractivity contribution is 0.139. The molecule has 0 atom stereocenters. The van der Waals surface area contributed by atoms with Crippen LogP contribution in [0.3, 0.4) is 0 Å². The van der Waals surface area contributed by atoms with Crippen molar-refractivity contribution in [1.29, 1.82) is 0 Å². The molecule has 2 amide bonds. The van der Waals surface area contributed by atoms with Crippen molar-refractivity contribution in [2.75, 3.05) is 31.1 Å². The van der Waals surface area contributed by atoms with Gasteiger partial charge in [0.25, 0.3) is 0 Å². The first-order valence-corrected chi connectivity index (χ1v) is 10.4. The summed E-state index contributed by atoms with van der Waals surface area (Å²) in [6.07, 6.45) is 3.46. The SMILES string of the molecule is O=C(N1CCN(Cc2ccoc2)CC1)N1Cc2ccccc2Oc2ccc(Cl)cc21. The average molecular weight is 424 g/mol. The smallest absolute Gasteiger partial charge is 0.325 e. The van der Waals surface area contributed by atoms with E-state index in [1.807, 2.05) is 41.3 Å². The first-order chi connectivity index (χ1) is 14.7. The zero-order valence-corrected chi connectivity index (χ0v) is 17.2. The van der Waals surface area contributed by atoms with Gasteiger partial charge < -0.3 is 14.1 Å². The van der Waals surface area contributed by atoms with E-state index in [0.29, 0.717) is 36.1 Å². The number of ether oxygens (including phenoxy) is 1. The molecule has 2 aliphatic rings. The molecule has 3 heterocycles. The summed E-state index contributed by atoms with van der Waals surface area (Å²) in [5.41, 5.74) is 2.82. The van der Waals surface area contributed by atoms with Crippen molar-refractivity contribution in [1.82, 2.24) is 9.80 Å². The molecule has 0 N–H and O–H groups in total. The molecule has 0 bridgehead atoms. The number of fused-ring (bicyclic) bond motifs is 2. The predicted molar refractivity (Wildman–Crippen MR) is 115 cm³/mol. The lowest BCUT2D eigenvalue weighted by atomic mass is 10.2. The van der Waals surface area contributed by atoms with Crippen molar-refractivity contribution in [3.8, 4) is 11.5 Å². The summed E-state index contributed by atoms with van der Waals surface area (Å²) < 4.78 is 11.3. The van der Waals surface area contributed by atoms with Crippen molar-refractivity contribution in [3.63, 3.8) is 0 Å². The summed E-state index contributed by atoms with van der Waals surface area (Å²) in [6, 6.07) is 15.2. The molecule has 0 spiro atoms. The van der Waals surface area contributed by atoms with Crippen LogP contribution < -0.4 is 9.64 Å². The third kappa shape index (κ3) is 3.76. The molecule has 1 fully saturated rings. The highest BCUT2D eigenvalue weighted by Crippen LogP contribution is 2.40. The van der Waals surface area contributed by atoms with Gasteiger partial charge in [-0.2, -0.15) is 0 Å². The normalized spacial score (nSPS) is 16.4. The van der Waals surface area contributed by atoms with E-state index in [1.165, 1.54) is 0 Å². The Hall–Kier alpha value is -2.96. The molecule has 30 heavy (non-hydrogen) atoms. The Morgan fingerprint density at radius 3 is 2.63 bits per heavy atom. The van der Waals surface area contributed by atoms with Gasteiger partial charge in [-0.25, -0.2) is 4.79 Å². The molecule has 0 radical (unpaired) electrons. The summed E-state index contributed by atoms with van der Waals surface area (Å²) in [5, 5.41) is 0.575. The molecule has 3 aromatic rings. The molecule has 154 valence electrons. The molecule has 0 unspecified atom stereocenters. The molecule has 0 saturated carbocycles. The largest absolute Gasteiger partial charge is 0.472 e. The van der Waals surface area contributed by atoms with Gasteiger partial charge in [0.1, 0.15) is 5.75 Å². The van der Waals surface area contributed by atoms with Crippen LogP contribution in [0.25, 0.3) is 0 Å². The van der Waals surface area contributed by atoms with Crippen molar-refractivity contribution in [2.24, 2.45) is 0 Å². The number of carbonyl (C=O) groups is 1. The Morgan fingerprint density at radius 2 is 1.83 bits per heavy atom. The van der Waals surface area contributed by atoms with Crippen LogP contribution in [-0.4, -0.2) is 42.0 Å². The molecule has 2 aliphatic heterocycles. The monoisotopic (exact) mass is 423 g/mol. The molecule has 6 nitrogen and oxygen atoms in total. The van der Waals surface area contributed by atoms with E-state index in [-0.39, 0.29) is 6.03 Å². The molecule has 7 heteroatoms. The molecule has 1 saturated heterocycles. The Balaban J connectivity index is 1.36. The zero-order chi connectivity index (χ0) is 20.5. The Bertz CT molecular complexity index is 1050. The minimum absolute atomic E-state index is 0.0261. The number of nitrogens with zero attached hydrogens (tertiary/aromatic N) is 3. The number of halogens is 1. The first-order valence-electron chi connectivity index (χ1n) is 10.0. The van der Waals surface area contributed by atoms with Gasteiger partial charge in [-0.1, -0.05) is 29.8 Å². The van der Waals surface area contributed by atoms with Crippen LogP contribution in [0.4, 0.5) is 10.5 Å². The second kappa shape index (κ2) is 8.05. The van der Waals surface area contributed by atoms with E-state index in [1.54, 1.807) is 29.6 Å². The summed E-state index contributed by atoms with van der Waals surface area (Å²) in [4.78, 5) is 19.6. The number of benzene rings is 2. The Labute approximate surface area is 180 Å². The summed E-state index contributed by atoms with van der Waals surface area (Å²) in [6.45, 7) is 4.26. The van der Waals surface area contributed by atoms with Crippen molar-refractivity contribution in [3.05, 3.63) is 77.2 Å². The minimum Gasteiger partial charge on any atom is -0.472 e. The summed E-state index contributed by atoms with van der Waals surface area (Å²) in [7, 11) is 0. The fourth-order valence-corrected chi connectivity index (χ4v) is 4.14. The number of hydrogen-bond acceptors (Lipinski definition) is 4. The number of hydrogen-bond donors (Lipinski definition) is 0. The van der Waals surface area contributed by atoms with E-state index in [2.05, 4.69) is 4.90 Å². The number of amides is 2. The molecule has 0 aliphatic carbocycles. The number of anilines is 1. The maximum atomic E-state index is 13.5. The van der Waals surface area contributed by atoms with Gasteiger partial charge in [0.05, 0.1) is 24.8 Å². The third-order valence-corrected chi connectivity index (χ3v) is 5.83. The zero-order valence-electron chi connectivity index (χ0n) is 16.5. The van der Waals surface area contributed by atoms with Gasteiger partial charge in [0, 0.05) is 48.9 Å².